The standard InChI is InChI=1S/C67H127NO10/c1-3-5-7-9-11-13-15-17-19-21-23-25-26-27-28-29-30-31-32-33-35-37-39-41-43-45-47-49-51-53-55-60(71)66(76)68-58(57-77-67-65(75)64(74)63(73)61(56-69)78-67)62(72)59(70)54-52-50-48-46-44-42-40-38-36-34-24-22-20-18-16-14-12-10-8-6-4-2/h27-28,38,40,46,48,58-65,67,69-75H,3-26,29-37,39,41-45,47,49-57H2,1-2H3,(H,68,76)/b28-27-,40-38+,48-46+. The van der Waals surface area contributed by atoms with Crippen LogP contribution in [0.15, 0.2) is 36.5 Å². The number of carbonyl (C=O) groups excluding carboxylic acids is 1. The molecule has 1 rings (SSSR count). The number of amides is 1. The first-order valence-electron chi connectivity index (χ1n) is 33.4. The van der Waals surface area contributed by atoms with Crippen molar-refractivity contribution in [1.82, 2.24) is 5.32 Å². The molecule has 460 valence electrons. The number of carbonyl (C=O) groups is 1. The molecule has 0 aromatic carbocycles. The van der Waals surface area contributed by atoms with Crippen LogP contribution in [-0.2, 0) is 14.3 Å². The van der Waals surface area contributed by atoms with E-state index in [0.29, 0.717) is 19.3 Å². The highest BCUT2D eigenvalue weighted by molar-refractivity contribution is 5.80. The number of nitrogens with one attached hydrogen (secondary N) is 1. The fraction of sp³-hybridized carbons (Fsp3) is 0.896. The van der Waals surface area contributed by atoms with Gasteiger partial charge in [-0.05, 0) is 77.0 Å². The van der Waals surface area contributed by atoms with E-state index in [1.165, 1.54) is 231 Å². The van der Waals surface area contributed by atoms with Gasteiger partial charge in [0.1, 0.15) is 36.6 Å². The van der Waals surface area contributed by atoms with Crippen LogP contribution in [0.25, 0.3) is 0 Å². The number of aliphatic hydroxyl groups excluding tert-OH is 7. The van der Waals surface area contributed by atoms with E-state index in [9.17, 15) is 40.5 Å². The summed E-state index contributed by atoms with van der Waals surface area (Å²) in [5.41, 5.74) is 0. The molecule has 78 heavy (non-hydrogen) atoms. The zero-order valence-corrected chi connectivity index (χ0v) is 50.7. The van der Waals surface area contributed by atoms with E-state index in [1.807, 2.05) is 0 Å². The van der Waals surface area contributed by atoms with E-state index in [-0.39, 0.29) is 12.8 Å². The number of hydrogen-bond donors (Lipinski definition) is 8. The predicted octanol–water partition coefficient (Wildman–Crippen LogP) is 15.4. The van der Waals surface area contributed by atoms with E-state index in [2.05, 4.69) is 55.6 Å². The third kappa shape index (κ3) is 43.1. The molecule has 1 aliphatic heterocycles. The van der Waals surface area contributed by atoms with Gasteiger partial charge in [-0.25, -0.2) is 0 Å². The van der Waals surface area contributed by atoms with Crippen LogP contribution in [0.2, 0.25) is 0 Å². The van der Waals surface area contributed by atoms with E-state index in [1.54, 1.807) is 0 Å². The summed E-state index contributed by atoms with van der Waals surface area (Å²) in [6.07, 6.45) is 59.4. The average Bonchev–Trinajstić information content (AvgIpc) is 3.46. The quantitative estimate of drug-likeness (QED) is 0.0215. The largest absolute Gasteiger partial charge is 0.394 e. The fourth-order valence-electron chi connectivity index (χ4n) is 10.8. The lowest BCUT2D eigenvalue weighted by Gasteiger charge is -2.40. The van der Waals surface area contributed by atoms with Crippen molar-refractivity contribution in [3.63, 3.8) is 0 Å². The topological polar surface area (TPSA) is 189 Å². The molecule has 0 aliphatic carbocycles. The van der Waals surface area contributed by atoms with Crippen LogP contribution in [0.1, 0.15) is 316 Å². The van der Waals surface area contributed by atoms with E-state index in [4.69, 9.17) is 9.47 Å². The molecule has 9 unspecified atom stereocenters. The van der Waals surface area contributed by atoms with E-state index >= 15 is 0 Å². The maximum absolute atomic E-state index is 13.2. The summed E-state index contributed by atoms with van der Waals surface area (Å²) >= 11 is 0. The van der Waals surface area contributed by atoms with Gasteiger partial charge in [-0.2, -0.15) is 0 Å². The Bertz CT molecular complexity index is 1360. The van der Waals surface area contributed by atoms with Crippen LogP contribution in [0.5, 0.6) is 0 Å². The smallest absolute Gasteiger partial charge is 0.249 e. The summed E-state index contributed by atoms with van der Waals surface area (Å²) in [5, 5.41) is 76.3. The van der Waals surface area contributed by atoms with Crippen molar-refractivity contribution < 1.29 is 50.0 Å². The SMILES string of the molecule is CCCCCCCCCCCCCC/C=C\CCCCCCCCCCCCCCCCC(O)C(=O)NC(COC1OC(CO)C(O)C(O)C1O)C(O)C(O)CCC/C=C/CC/C=C/CCCCCCCCCCCCCC. The molecule has 11 heteroatoms. The van der Waals surface area contributed by atoms with Crippen LogP contribution in [0.4, 0.5) is 0 Å². The summed E-state index contributed by atoms with van der Waals surface area (Å²) in [4.78, 5) is 13.2. The second-order valence-electron chi connectivity index (χ2n) is 23.5. The number of hydrogen-bond acceptors (Lipinski definition) is 10. The first-order chi connectivity index (χ1) is 38.2. The molecule has 1 fully saturated rings. The molecule has 11 nitrogen and oxygen atoms in total. The minimum absolute atomic E-state index is 0.247. The Hall–Kier alpha value is -1.67. The molecule has 0 aromatic heterocycles. The lowest BCUT2D eigenvalue weighted by atomic mass is 9.98. The maximum Gasteiger partial charge on any atom is 0.249 e. The number of allylic oxidation sites excluding steroid dienone is 6. The minimum Gasteiger partial charge on any atom is -0.394 e. The van der Waals surface area contributed by atoms with Crippen molar-refractivity contribution >= 4 is 5.91 Å². The lowest BCUT2D eigenvalue weighted by molar-refractivity contribution is -0.303. The molecule has 8 N–H and O–H groups in total. The van der Waals surface area contributed by atoms with Gasteiger partial charge in [0.15, 0.2) is 6.29 Å². The Morgan fingerprint density at radius 3 is 1.14 bits per heavy atom. The van der Waals surface area contributed by atoms with Gasteiger partial charge in [0.25, 0.3) is 0 Å². The van der Waals surface area contributed by atoms with Crippen molar-refractivity contribution in [3.8, 4) is 0 Å². The molecule has 1 amide bonds. The highest BCUT2D eigenvalue weighted by Crippen LogP contribution is 2.24. The molecular weight excluding hydrogens is 979 g/mol. The Labute approximate surface area is 479 Å². The summed E-state index contributed by atoms with van der Waals surface area (Å²) < 4.78 is 11.2. The number of ether oxygens (including phenoxy) is 2. The molecule has 9 atom stereocenters. The van der Waals surface area contributed by atoms with Gasteiger partial charge in [-0.15, -0.1) is 0 Å². The van der Waals surface area contributed by atoms with Crippen LogP contribution < -0.4 is 5.32 Å². The third-order valence-electron chi connectivity index (χ3n) is 16.1. The Balaban J connectivity index is 2.24. The third-order valence-corrected chi connectivity index (χ3v) is 16.1. The van der Waals surface area contributed by atoms with E-state index in [0.717, 1.165) is 38.5 Å². The fourth-order valence-corrected chi connectivity index (χ4v) is 10.8. The van der Waals surface area contributed by atoms with Crippen molar-refractivity contribution in [2.75, 3.05) is 13.2 Å². The minimum atomic E-state index is -1.67. The first kappa shape index (κ1) is 74.3. The molecule has 0 bridgehead atoms. The number of aliphatic hydroxyl groups is 7. The van der Waals surface area contributed by atoms with Crippen LogP contribution in [-0.4, -0.2) is 110 Å². The number of unbranched alkanes of at least 4 members (excludes halogenated alkanes) is 40. The summed E-state index contributed by atoms with van der Waals surface area (Å²) in [6, 6.07) is -1.19. The van der Waals surface area contributed by atoms with Gasteiger partial charge in [0.2, 0.25) is 5.91 Å². The van der Waals surface area contributed by atoms with Gasteiger partial charge in [0.05, 0.1) is 25.4 Å². The van der Waals surface area contributed by atoms with Crippen molar-refractivity contribution in [2.45, 2.75) is 371 Å². The zero-order chi connectivity index (χ0) is 56.8. The highest BCUT2D eigenvalue weighted by atomic mass is 16.7. The van der Waals surface area contributed by atoms with Crippen molar-refractivity contribution in [3.05, 3.63) is 36.5 Å². The number of rotatable bonds is 58. The van der Waals surface area contributed by atoms with E-state index < -0.39 is 74.2 Å². The van der Waals surface area contributed by atoms with Gasteiger partial charge in [0, 0.05) is 0 Å². The molecular formula is C67H127NO10. The second kappa shape index (κ2) is 55.8. The zero-order valence-electron chi connectivity index (χ0n) is 50.7. The second-order valence-corrected chi connectivity index (χ2v) is 23.5. The molecule has 1 aliphatic rings. The Morgan fingerprint density at radius 2 is 0.769 bits per heavy atom. The normalized spacial score (nSPS) is 19.6. The van der Waals surface area contributed by atoms with Gasteiger partial charge in [-0.1, -0.05) is 275 Å². The van der Waals surface area contributed by atoms with Crippen LogP contribution >= 0.6 is 0 Å². The first-order valence-corrected chi connectivity index (χ1v) is 33.4. The summed E-state index contributed by atoms with van der Waals surface area (Å²) in [6.45, 7) is 3.48. The average molecular weight is 1110 g/mol. The molecule has 1 saturated heterocycles. The van der Waals surface area contributed by atoms with Crippen LogP contribution in [0, 0.1) is 0 Å². The molecule has 0 radical (unpaired) electrons. The molecule has 0 saturated carbocycles. The Kier molecular flexibility index (Phi) is 53.2. The van der Waals surface area contributed by atoms with Crippen molar-refractivity contribution in [1.29, 1.82) is 0 Å². The predicted molar refractivity (Wildman–Crippen MR) is 325 cm³/mol. The molecule has 0 aromatic rings. The summed E-state index contributed by atoms with van der Waals surface area (Å²) in [7, 11) is 0. The molecule has 1 heterocycles. The maximum atomic E-state index is 13.2. The van der Waals surface area contributed by atoms with Gasteiger partial charge < -0.3 is 50.5 Å². The summed E-state index contributed by atoms with van der Waals surface area (Å²) in [5.74, 6) is -0.706. The lowest BCUT2D eigenvalue weighted by Crippen LogP contribution is -2.60. The van der Waals surface area contributed by atoms with Crippen LogP contribution in [0.3, 0.4) is 0 Å². The highest BCUT2D eigenvalue weighted by Gasteiger charge is 2.44. The van der Waals surface area contributed by atoms with Gasteiger partial charge in [-0.3, -0.25) is 4.79 Å². The van der Waals surface area contributed by atoms with Gasteiger partial charge >= 0.3 is 0 Å². The Morgan fingerprint density at radius 1 is 0.436 bits per heavy atom. The van der Waals surface area contributed by atoms with Crippen molar-refractivity contribution in [2.24, 2.45) is 0 Å². The monoisotopic (exact) mass is 1110 g/mol. The molecule has 0 spiro atoms.